The summed E-state index contributed by atoms with van der Waals surface area (Å²) in [5, 5.41) is 3.75. The summed E-state index contributed by atoms with van der Waals surface area (Å²) in [6.45, 7) is 6.94. The molecule has 2 aliphatic rings. The third-order valence-corrected chi connectivity index (χ3v) is 5.47. The van der Waals surface area contributed by atoms with Crippen LogP contribution in [0.3, 0.4) is 0 Å². The van der Waals surface area contributed by atoms with Crippen molar-refractivity contribution in [2.75, 3.05) is 13.1 Å². The highest BCUT2D eigenvalue weighted by Gasteiger charge is 2.39. The fourth-order valence-electron chi connectivity index (χ4n) is 4.29. The van der Waals surface area contributed by atoms with Gasteiger partial charge in [-0.1, -0.05) is 31.2 Å². The van der Waals surface area contributed by atoms with E-state index in [0.717, 1.165) is 18.1 Å². The van der Waals surface area contributed by atoms with Crippen molar-refractivity contribution in [3.63, 3.8) is 0 Å². The lowest BCUT2D eigenvalue weighted by Crippen LogP contribution is -2.49. The molecular formula is C19H30N2. The van der Waals surface area contributed by atoms with Crippen molar-refractivity contribution in [3.05, 3.63) is 35.4 Å². The molecule has 2 aliphatic heterocycles. The molecule has 2 nitrogen and oxygen atoms in total. The molecular weight excluding hydrogens is 256 g/mol. The molecule has 0 aromatic heterocycles. The molecule has 116 valence electrons. The van der Waals surface area contributed by atoms with Gasteiger partial charge in [0.15, 0.2) is 0 Å². The zero-order chi connectivity index (χ0) is 14.7. The first-order chi connectivity index (χ1) is 10.3. The van der Waals surface area contributed by atoms with Crippen LogP contribution in [0, 0.1) is 6.92 Å². The lowest BCUT2D eigenvalue weighted by atomic mass is 9.96. The van der Waals surface area contributed by atoms with Gasteiger partial charge in [0.1, 0.15) is 0 Å². The zero-order valence-corrected chi connectivity index (χ0v) is 13.6. The van der Waals surface area contributed by atoms with Crippen LogP contribution in [0.1, 0.15) is 50.2 Å². The molecule has 21 heavy (non-hydrogen) atoms. The maximum absolute atomic E-state index is 3.75. The second kappa shape index (κ2) is 6.93. The van der Waals surface area contributed by atoms with Gasteiger partial charge in [-0.15, -0.1) is 0 Å². The highest BCUT2D eigenvalue weighted by atomic mass is 15.2. The molecule has 2 atom stereocenters. The number of hydrogen-bond donors (Lipinski definition) is 1. The molecule has 2 heteroatoms. The average molecular weight is 286 g/mol. The monoisotopic (exact) mass is 286 g/mol. The molecule has 0 saturated carbocycles. The maximum atomic E-state index is 3.75. The van der Waals surface area contributed by atoms with E-state index in [-0.39, 0.29) is 0 Å². The molecule has 1 aromatic rings. The molecule has 3 rings (SSSR count). The standard InChI is InChI=1S/C19H30N2/c1-3-11-20-17-13-18-8-9-19(14-17)21(18)12-10-16-7-5-4-6-15(16)2/h4-7,17-20H,3,8-14H2,1-2H3. The van der Waals surface area contributed by atoms with E-state index >= 15 is 0 Å². The van der Waals surface area contributed by atoms with Crippen LogP contribution < -0.4 is 5.32 Å². The number of nitrogens with zero attached hydrogens (tertiary/aromatic N) is 1. The molecule has 0 radical (unpaired) electrons. The summed E-state index contributed by atoms with van der Waals surface area (Å²) in [4.78, 5) is 2.82. The van der Waals surface area contributed by atoms with Crippen LogP contribution in [0.25, 0.3) is 0 Å². The van der Waals surface area contributed by atoms with Crippen LogP contribution in [0.2, 0.25) is 0 Å². The Balaban J connectivity index is 1.55. The van der Waals surface area contributed by atoms with E-state index in [2.05, 4.69) is 48.3 Å². The fourth-order valence-corrected chi connectivity index (χ4v) is 4.29. The van der Waals surface area contributed by atoms with E-state index in [4.69, 9.17) is 0 Å². The summed E-state index contributed by atoms with van der Waals surface area (Å²) in [5.74, 6) is 0. The minimum absolute atomic E-state index is 0.775. The topological polar surface area (TPSA) is 15.3 Å². The Bertz CT molecular complexity index is 443. The fraction of sp³-hybridized carbons (Fsp3) is 0.684. The third-order valence-electron chi connectivity index (χ3n) is 5.47. The Morgan fingerprint density at radius 1 is 1.14 bits per heavy atom. The summed E-state index contributed by atoms with van der Waals surface area (Å²) in [6, 6.07) is 11.3. The van der Waals surface area contributed by atoms with Crippen molar-refractivity contribution < 1.29 is 0 Å². The number of hydrogen-bond acceptors (Lipinski definition) is 2. The van der Waals surface area contributed by atoms with Gasteiger partial charge in [-0.25, -0.2) is 0 Å². The minimum Gasteiger partial charge on any atom is -0.314 e. The van der Waals surface area contributed by atoms with Crippen LogP contribution in [-0.4, -0.2) is 36.1 Å². The summed E-state index contributed by atoms with van der Waals surface area (Å²) in [7, 11) is 0. The first kappa shape index (κ1) is 15.1. The van der Waals surface area contributed by atoms with Gasteiger partial charge < -0.3 is 5.32 Å². The quantitative estimate of drug-likeness (QED) is 0.860. The molecule has 1 aromatic carbocycles. The van der Waals surface area contributed by atoms with Crippen molar-refractivity contribution in [2.45, 2.75) is 70.5 Å². The molecule has 2 heterocycles. The molecule has 2 saturated heterocycles. The number of rotatable bonds is 6. The highest BCUT2D eigenvalue weighted by molar-refractivity contribution is 5.25. The summed E-state index contributed by atoms with van der Waals surface area (Å²) in [5.41, 5.74) is 2.98. The summed E-state index contributed by atoms with van der Waals surface area (Å²) in [6.07, 6.45) is 8.04. The Morgan fingerprint density at radius 3 is 2.52 bits per heavy atom. The summed E-state index contributed by atoms with van der Waals surface area (Å²) < 4.78 is 0. The van der Waals surface area contributed by atoms with Crippen LogP contribution in [-0.2, 0) is 6.42 Å². The van der Waals surface area contributed by atoms with E-state index in [1.165, 1.54) is 62.7 Å². The minimum atomic E-state index is 0.775. The largest absolute Gasteiger partial charge is 0.314 e. The number of fused-ring (bicyclic) bond motifs is 2. The van der Waals surface area contributed by atoms with E-state index in [1.54, 1.807) is 0 Å². The Hall–Kier alpha value is -0.860. The van der Waals surface area contributed by atoms with Crippen molar-refractivity contribution >= 4 is 0 Å². The van der Waals surface area contributed by atoms with E-state index in [9.17, 15) is 0 Å². The lowest BCUT2D eigenvalue weighted by Gasteiger charge is -2.39. The first-order valence-electron chi connectivity index (χ1n) is 8.81. The molecule has 0 spiro atoms. The second-order valence-corrected chi connectivity index (χ2v) is 6.92. The van der Waals surface area contributed by atoms with E-state index < -0.39 is 0 Å². The van der Waals surface area contributed by atoms with Crippen molar-refractivity contribution in [1.82, 2.24) is 10.2 Å². The lowest BCUT2D eigenvalue weighted by molar-refractivity contribution is 0.118. The third kappa shape index (κ3) is 3.49. The second-order valence-electron chi connectivity index (χ2n) is 6.92. The number of benzene rings is 1. The number of piperidine rings is 1. The smallest absolute Gasteiger partial charge is 0.0114 e. The van der Waals surface area contributed by atoms with Crippen LogP contribution in [0.4, 0.5) is 0 Å². The van der Waals surface area contributed by atoms with E-state index in [0.29, 0.717) is 0 Å². The molecule has 2 unspecified atom stereocenters. The highest BCUT2D eigenvalue weighted by Crippen LogP contribution is 2.35. The molecule has 2 bridgehead atoms. The van der Waals surface area contributed by atoms with Crippen molar-refractivity contribution in [2.24, 2.45) is 0 Å². The van der Waals surface area contributed by atoms with Crippen molar-refractivity contribution in [3.8, 4) is 0 Å². The van der Waals surface area contributed by atoms with Gasteiger partial charge in [0, 0.05) is 24.7 Å². The number of aryl methyl sites for hydroxylation is 1. The predicted octanol–water partition coefficient (Wildman–Crippen LogP) is 3.53. The predicted molar refractivity (Wildman–Crippen MR) is 89.7 cm³/mol. The van der Waals surface area contributed by atoms with Crippen LogP contribution in [0.5, 0.6) is 0 Å². The SMILES string of the molecule is CCCNC1CC2CCC(C1)N2CCc1ccccc1C. The van der Waals surface area contributed by atoms with Gasteiger partial charge in [0.25, 0.3) is 0 Å². The first-order valence-corrected chi connectivity index (χ1v) is 8.81. The Morgan fingerprint density at radius 2 is 1.86 bits per heavy atom. The molecule has 0 aliphatic carbocycles. The number of nitrogens with one attached hydrogen (secondary N) is 1. The average Bonchev–Trinajstić information content (AvgIpc) is 2.73. The van der Waals surface area contributed by atoms with Crippen LogP contribution in [0.15, 0.2) is 24.3 Å². The van der Waals surface area contributed by atoms with Crippen LogP contribution >= 0.6 is 0 Å². The molecule has 2 fully saturated rings. The normalized spacial score (nSPS) is 29.0. The summed E-state index contributed by atoms with van der Waals surface area (Å²) >= 11 is 0. The Labute approximate surface area is 129 Å². The van der Waals surface area contributed by atoms with Crippen molar-refractivity contribution in [1.29, 1.82) is 0 Å². The van der Waals surface area contributed by atoms with Gasteiger partial charge in [-0.3, -0.25) is 4.90 Å². The zero-order valence-electron chi connectivity index (χ0n) is 13.6. The van der Waals surface area contributed by atoms with Gasteiger partial charge in [-0.2, -0.15) is 0 Å². The molecule has 1 N–H and O–H groups in total. The Kier molecular flexibility index (Phi) is 4.97. The van der Waals surface area contributed by atoms with Gasteiger partial charge in [0.2, 0.25) is 0 Å². The maximum Gasteiger partial charge on any atom is 0.0114 e. The molecule has 0 amide bonds. The van der Waals surface area contributed by atoms with E-state index in [1.807, 2.05) is 0 Å². The van der Waals surface area contributed by atoms with Gasteiger partial charge in [0.05, 0.1) is 0 Å². The van der Waals surface area contributed by atoms with Gasteiger partial charge in [-0.05, 0) is 63.1 Å². The van der Waals surface area contributed by atoms with Gasteiger partial charge >= 0.3 is 0 Å².